The van der Waals surface area contributed by atoms with Crippen molar-refractivity contribution in [2.75, 3.05) is 9.80 Å². The van der Waals surface area contributed by atoms with Crippen LogP contribution in [0.4, 0.5) is 34.1 Å². The molecule has 2 nitrogen and oxygen atoms in total. The van der Waals surface area contributed by atoms with Crippen molar-refractivity contribution in [3.63, 3.8) is 0 Å². The third-order valence-corrected chi connectivity index (χ3v) is 36.3. The highest BCUT2D eigenvalue weighted by atomic mass is 28.3. The summed E-state index contributed by atoms with van der Waals surface area (Å²) in [5.74, 6) is 0. The zero-order valence-corrected chi connectivity index (χ0v) is 64.1. The second-order valence-corrected chi connectivity index (χ2v) is 47.1. The molecule has 6 heteroatoms. The molecule has 0 aliphatic carbocycles. The van der Waals surface area contributed by atoms with E-state index in [-0.39, 0.29) is 21.7 Å². The van der Waals surface area contributed by atoms with Gasteiger partial charge in [0.15, 0.2) is 0 Å². The van der Waals surface area contributed by atoms with E-state index >= 15 is 0 Å². The lowest BCUT2D eigenvalue weighted by molar-refractivity contribution is 0.568. The van der Waals surface area contributed by atoms with Crippen LogP contribution in [-0.4, -0.2) is 34.5 Å². The van der Waals surface area contributed by atoms with Crippen molar-refractivity contribution in [3.8, 4) is 22.3 Å². The van der Waals surface area contributed by atoms with Gasteiger partial charge in [-0.2, -0.15) is 0 Å². The molecule has 90 heavy (non-hydrogen) atoms. The van der Waals surface area contributed by atoms with Crippen LogP contribution >= 0.6 is 0 Å². The third-order valence-electron chi connectivity index (χ3n) is 21.0. The van der Waals surface area contributed by atoms with Crippen molar-refractivity contribution in [2.24, 2.45) is 0 Å². The van der Waals surface area contributed by atoms with Gasteiger partial charge in [-0.25, -0.2) is 0 Å². The van der Waals surface area contributed by atoms with Crippen molar-refractivity contribution in [3.05, 3.63) is 192 Å². The molecule has 0 fully saturated rings. The van der Waals surface area contributed by atoms with Gasteiger partial charge in [0.25, 0.3) is 0 Å². The number of rotatable bonds is 21. The van der Waals surface area contributed by atoms with Gasteiger partial charge in [-0.05, 0) is 127 Å². The minimum Gasteiger partial charge on any atom is -0.309 e. The molecule has 9 aromatic rings. The summed E-state index contributed by atoms with van der Waals surface area (Å²) in [6, 6.07) is 80.4. The molecule has 0 unspecified atom stereocenters. The molecule has 0 N–H and O–H groups in total. The average molecular weight is 1260 g/mol. The lowest BCUT2D eigenvalue weighted by Crippen LogP contribution is -2.48. The Bertz CT molecular complexity index is 3830. The fourth-order valence-electron chi connectivity index (χ4n) is 14.5. The summed E-state index contributed by atoms with van der Waals surface area (Å²) < 4.78 is 0. The van der Waals surface area contributed by atoms with Gasteiger partial charge in [-0.15, -0.1) is 0 Å². The number of hydrogen-bond acceptors (Lipinski definition) is 2. The maximum Gasteiger partial charge on any atom is 0.0860 e. The van der Waals surface area contributed by atoms with Crippen molar-refractivity contribution >= 4 is 111 Å². The van der Waals surface area contributed by atoms with E-state index in [0.29, 0.717) is 0 Å². The Hall–Kier alpha value is -6.03. The Morgan fingerprint density at radius 3 is 0.889 bits per heavy atom. The fourth-order valence-corrected chi connectivity index (χ4v) is 25.6. The fraction of sp³-hybridized carbons (Fsp3) is 0.405. The van der Waals surface area contributed by atoms with E-state index < -0.39 is 34.5 Å². The predicted molar refractivity (Wildman–Crippen MR) is 417 cm³/mol. The lowest BCUT2D eigenvalue weighted by Gasteiger charge is -2.37. The van der Waals surface area contributed by atoms with Gasteiger partial charge in [-0.1, -0.05) is 330 Å². The zero-order valence-electron chi connectivity index (χ0n) is 59.7. The largest absolute Gasteiger partial charge is 0.309 e. The molecule has 0 atom stereocenters. The van der Waals surface area contributed by atoms with Crippen molar-refractivity contribution in [1.82, 2.24) is 0 Å². The summed E-state index contributed by atoms with van der Waals surface area (Å²) in [5.41, 5.74) is 17.5. The molecule has 474 valence electrons. The minimum absolute atomic E-state index is 0.106. The summed E-state index contributed by atoms with van der Waals surface area (Å²) in [4.78, 5) is 5.62. The molecule has 0 aromatic heterocycles. The predicted octanol–water partition coefficient (Wildman–Crippen LogP) is 22.6. The number of nitrogens with zero attached hydrogens (tertiary/aromatic N) is 2. The molecular weight excluding hydrogens is 1150 g/mol. The monoisotopic (exact) mass is 1260 g/mol. The SMILES string of the molecule is CC[SiH](CC)c1cc(N(c2cc(C(C)(C)C)cc(C(C)(C)C)c2)c2c3ccc(-c4ccccc4)cc3c(N(c3cc(C(C)(C)C)cc(C(C)(C)C)c3)c3cc([SiH](CC)CC)cc([Si](CC)(CC)CC)c3)c3ccc(-c4ccccc4)cc23)cc([SiH](CC)CC)c1. The highest BCUT2D eigenvalue weighted by molar-refractivity contribution is 6.92. The van der Waals surface area contributed by atoms with Gasteiger partial charge in [0.2, 0.25) is 0 Å². The summed E-state index contributed by atoms with van der Waals surface area (Å²) in [6.07, 6.45) is 0. The Labute approximate surface area is 552 Å². The highest BCUT2D eigenvalue weighted by Crippen LogP contribution is 2.54. The summed E-state index contributed by atoms with van der Waals surface area (Å²) in [7, 11) is -5.98. The lowest BCUT2D eigenvalue weighted by atomic mass is 9.80. The van der Waals surface area contributed by atoms with Gasteiger partial charge < -0.3 is 9.80 Å². The topological polar surface area (TPSA) is 6.48 Å². The van der Waals surface area contributed by atoms with Crippen LogP contribution in [0, 0.1) is 0 Å². The summed E-state index contributed by atoms with van der Waals surface area (Å²) in [5, 5.41) is 11.5. The van der Waals surface area contributed by atoms with Crippen LogP contribution in [0.15, 0.2) is 170 Å². The molecule has 0 aliphatic heterocycles. The van der Waals surface area contributed by atoms with Crippen LogP contribution in [0.3, 0.4) is 0 Å². The number of anilines is 6. The number of hydrogen-bond donors (Lipinski definition) is 0. The quantitative estimate of drug-likeness (QED) is 0.0402. The van der Waals surface area contributed by atoms with E-state index in [1.807, 2.05) is 0 Å². The molecule has 0 heterocycles. The van der Waals surface area contributed by atoms with Gasteiger partial charge >= 0.3 is 0 Å². The second-order valence-electron chi connectivity index (χ2n) is 30.7. The van der Waals surface area contributed by atoms with E-state index in [1.165, 1.54) is 155 Å². The number of benzene rings is 9. The molecule has 0 aliphatic rings. The first-order chi connectivity index (χ1) is 42.7. The molecule has 0 radical (unpaired) electrons. The molecule has 0 bridgehead atoms. The van der Waals surface area contributed by atoms with Crippen LogP contribution in [0.5, 0.6) is 0 Å². The molecule has 9 rings (SSSR count). The Morgan fingerprint density at radius 1 is 0.289 bits per heavy atom. The molecular formula is C84H112N2Si4. The van der Waals surface area contributed by atoms with Crippen LogP contribution in [0.25, 0.3) is 43.8 Å². The van der Waals surface area contributed by atoms with Crippen LogP contribution in [0.1, 0.15) is 168 Å². The van der Waals surface area contributed by atoms with Gasteiger partial charge in [-0.3, -0.25) is 0 Å². The van der Waals surface area contributed by atoms with E-state index in [4.69, 9.17) is 0 Å². The normalized spacial score (nSPS) is 12.8. The first-order valence-corrected chi connectivity index (χ1v) is 44.3. The zero-order chi connectivity index (χ0) is 65.3. The first-order valence-electron chi connectivity index (χ1n) is 35.1. The average Bonchev–Trinajstić information content (AvgIpc) is 0.728. The van der Waals surface area contributed by atoms with Gasteiger partial charge in [0.1, 0.15) is 0 Å². The molecule has 0 saturated carbocycles. The van der Waals surface area contributed by atoms with E-state index in [9.17, 15) is 0 Å². The highest BCUT2D eigenvalue weighted by Gasteiger charge is 2.35. The molecule has 9 aromatic carbocycles. The van der Waals surface area contributed by atoms with Crippen LogP contribution in [-0.2, 0) is 21.7 Å². The second kappa shape index (κ2) is 27.7. The minimum atomic E-state index is -1.94. The Balaban J connectivity index is 1.63. The summed E-state index contributed by atoms with van der Waals surface area (Å²) in [6.45, 7) is 51.2. The standard InChI is InChI=1S/C84H112N2Si4/c1-22-87(23-2)71-53-69(54-72(57-71)88(24-3)25-4)85(67-49-63(81(10,11)12)47-64(50-67)82(13,14)15)79-75-43-41-62(60-39-35-32-36-40-60)46-78(75)80(76-44-42-61(45-77(76)79)59-37-33-31-34-38-59)86(68-51-65(83(16,17)18)48-66(52-68)84(19,20)21)70-55-73(89(26-5)27-6)58-74(56-70)90(28-7,29-8)30-9/h31-58,87-89H,22-30H2,1-21H3. The van der Waals surface area contributed by atoms with Crippen LogP contribution in [0.2, 0.25) is 54.4 Å². The Kier molecular flexibility index (Phi) is 21.0. The third kappa shape index (κ3) is 14.1. The van der Waals surface area contributed by atoms with E-state index in [0.717, 1.165) is 0 Å². The Morgan fingerprint density at radius 2 is 0.589 bits per heavy atom. The molecule has 0 saturated heterocycles. The van der Waals surface area contributed by atoms with Gasteiger partial charge in [0.05, 0.1) is 45.8 Å². The maximum atomic E-state index is 2.82. The molecule has 0 spiro atoms. The van der Waals surface area contributed by atoms with Crippen molar-refractivity contribution in [1.29, 1.82) is 0 Å². The van der Waals surface area contributed by atoms with Crippen LogP contribution < -0.4 is 30.5 Å². The van der Waals surface area contributed by atoms with E-state index in [1.54, 1.807) is 20.7 Å². The number of fused-ring (bicyclic) bond motifs is 2. The molecule has 0 amide bonds. The van der Waals surface area contributed by atoms with Crippen molar-refractivity contribution in [2.45, 2.75) is 221 Å². The smallest absolute Gasteiger partial charge is 0.0860 e. The van der Waals surface area contributed by atoms with Crippen molar-refractivity contribution < 1.29 is 0 Å². The summed E-state index contributed by atoms with van der Waals surface area (Å²) >= 11 is 0. The van der Waals surface area contributed by atoms with Gasteiger partial charge in [0, 0.05) is 44.3 Å². The maximum absolute atomic E-state index is 2.82. The first kappa shape index (κ1) is 68.3. The van der Waals surface area contributed by atoms with E-state index in [2.05, 4.69) is 325 Å².